The van der Waals surface area contributed by atoms with Gasteiger partial charge in [0.15, 0.2) is 0 Å². The van der Waals surface area contributed by atoms with E-state index in [0.29, 0.717) is 5.56 Å². The van der Waals surface area contributed by atoms with Crippen LogP contribution in [0.4, 0.5) is 0 Å². The van der Waals surface area contributed by atoms with Crippen molar-refractivity contribution in [1.29, 1.82) is 0 Å². The first kappa shape index (κ1) is 17.0. The number of rotatable bonds is 7. The van der Waals surface area contributed by atoms with Gasteiger partial charge in [0.05, 0.1) is 0 Å². The van der Waals surface area contributed by atoms with Crippen molar-refractivity contribution in [1.82, 2.24) is 5.32 Å². The van der Waals surface area contributed by atoms with Crippen LogP contribution in [0.3, 0.4) is 0 Å². The average molecular weight is 329 g/mol. The molecule has 4 nitrogen and oxygen atoms in total. The van der Waals surface area contributed by atoms with Crippen LogP contribution in [0.2, 0.25) is 0 Å². The number of aliphatic carboxylic acids is 1. The number of carboxylic acids is 1. The third-order valence-corrected chi connectivity index (χ3v) is 4.07. The van der Waals surface area contributed by atoms with Crippen molar-refractivity contribution in [3.8, 4) is 0 Å². The lowest BCUT2D eigenvalue weighted by molar-refractivity contribution is -0.132. The van der Waals surface area contributed by atoms with Gasteiger partial charge >= 0.3 is 5.97 Å². The summed E-state index contributed by atoms with van der Waals surface area (Å²) in [6.45, 7) is 2.13. The van der Waals surface area contributed by atoms with E-state index in [-0.39, 0.29) is 5.70 Å². The molecule has 1 amide bonds. The van der Waals surface area contributed by atoms with E-state index in [9.17, 15) is 14.7 Å². The number of carbonyl (C=O) groups excluding carboxylic acids is 1. The first-order valence-electron chi connectivity index (χ1n) is 7.47. The largest absolute Gasteiger partial charge is 0.477 e. The monoisotopic (exact) mass is 329 g/mol. The molecule has 120 valence electrons. The number of hydrogen-bond acceptors (Lipinski definition) is 3. The van der Waals surface area contributed by atoms with Gasteiger partial charge in [-0.2, -0.15) is 11.3 Å². The number of amides is 1. The SMILES string of the molecule is CCCCc1ccc(C(=O)N/C(=C/c2ccsc2)C(=O)O)cc1. The van der Waals surface area contributed by atoms with Crippen LogP contribution in [0.25, 0.3) is 6.08 Å². The van der Waals surface area contributed by atoms with E-state index in [1.807, 2.05) is 22.9 Å². The highest BCUT2D eigenvalue weighted by Gasteiger charge is 2.13. The number of nitrogens with one attached hydrogen (secondary N) is 1. The number of aryl methyl sites for hydroxylation is 1. The topological polar surface area (TPSA) is 66.4 Å². The van der Waals surface area contributed by atoms with Crippen LogP contribution in [-0.2, 0) is 11.2 Å². The highest BCUT2D eigenvalue weighted by atomic mass is 32.1. The molecule has 1 aromatic heterocycles. The van der Waals surface area contributed by atoms with Gasteiger partial charge in [-0.15, -0.1) is 0 Å². The summed E-state index contributed by atoms with van der Waals surface area (Å²) < 4.78 is 0. The standard InChI is InChI=1S/C18H19NO3S/c1-2-3-4-13-5-7-15(8-6-13)17(20)19-16(18(21)22)11-14-9-10-23-12-14/h5-12H,2-4H2,1H3,(H,19,20)(H,21,22)/b16-11+. The lowest BCUT2D eigenvalue weighted by Crippen LogP contribution is -2.27. The lowest BCUT2D eigenvalue weighted by atomic mass is 10.1. The van der Waals surface area contributed by atoms with Crippen LogP contribution < -0.4 is 5.32 Å². The van der Waals surface area contributed by atoms with Crippen molar-refractivity contribution in [3.63, 3.8) is 0 Å². The Bertz CT molecular complexity index is 688. The maximum Gasteiger partial charge on any atom is 0.352 e. The van der Waals surface area contributed by atoms with Gasteiger partial charge in [0.2, 0.25) is 0 Å². The molecule has 2 rings (SSSR count). The summed E-state index contributed by atoms with van der Waals surface area (Å²) >= 11 is 1.47. The summed E-state index contributed by atoms with van der Waals surface area (Å²) in [5.41, 5.74) is 2.24. The lowest BCUT2D eigenvalue weighted by Gasteiger charge is -2.07. The second-order valence-corrected chi connectivity index (χ2v) is 5.95. The van der Waals surface area contributed by atoms with Gasteiger partial charge in [-0.3, -0.25) is 4.79 Å². The van der Waals surface area contributed by atoms with E-state index in [0.717, 1.165) is 24.8 Å². The molecule has 23 heavy (non-hydrogen) atoms. The summed E-state index contributed by atoms with van der Waals surface area (Å²) in [6.07, 6.45) is 4.67. The molecule has 1 aromatic carbocycles. The minimum absolute atomic E-state index is 0.136. The Kier molecular flexibility index (Phi) is 6.11. The van der Waals surface area contributed by atoms with Crippen LogP contribution in [0.15, 0.2) is 46.8 Å². The van der Waals surface area contributed by atoms with E-state index in [1.54, 1.807) is 18.2 Å². The zero-order chi connectivity index (χ0) is 16.7. The zero-order valence-corrected chi connectivity index (χ0v) is 13.7. The molecule has 0 fully saturated rings. The quantitative estimate of drug-likeness (QED) is 0.756. The molecule has 0 unspecified atom stereocenters. The average Bonchev–Trinajstić information content (AvgIpc) is 3.05. The number of thiophene rings is 1. The molecule has 0 saturated carbocycles. The molecule has 2 N–H and O–H groups in total. The van der Waals surface area contributed by atoms with Crippen molar-refractivity contribution >= 4 is 29.3 Å². The van der Waals surface area contributed by atoms with Crippen LogP contribution >= 0.6 is 11.3 Å². The third-order valence-electron chi connectivity index (χ3n) is 3.37. The number of hydrogen-bond donors (Lipinski definition) is 2. The fourth-order valence-electron chi connectivity index (χ4n) is 2.07. The molecule has 5 heteroatoms. The van der Waals surface area contributed by atoms with E-state index in [2.05, 4.69) is 12.2 Å². The molecular weight excluding hydrogens is 310 g/mol. The van der Waals surface area contributed by atoms with Gasteiger partial charge in [0.25, 0.3) is 5.91 Å². The van der Waals surface area contributed by atoms with Crippen LogP contribution in [0.5, 0.6) is 0 Å². The smallest absolute Gasteiger partial charge is 0.352 e. The molecule has 0 aliphatic rings. The predicted molar refractivity (Wildman–Crippen MR) is 92.5 cm³/mol. The van der Waals surface area contributed by atoms with Gasteiger partial charge in [-0.05, 0) is 59.0 Å². The third kappa shape index (κ3) is 5.07. The summed E-state index contributed by atoms with van der Waals surface area (Å²) in [7, 11) is 0. The van der Waals surface area contributed by atoms with Gasteiger partial charge in [-0.1, -0.05) is 25.5 Å². The Morgan fingerprint density at radius 3 is 2.52 bits per heavy atom. The number of carboxylic acid groups (broad SMARTS) is 1. The van der Waals surface area contributed by atoms with Crippen LogP contribution in [0.1, 0.15) is 41.3 Å². The Labute approximate surface area is 139 Å². The summed E-state index contributed by atoms with van der Waals surface area (Å²) in [4.78, 5) is 23.5. The minimum Gasteiger partial charge on any atom is -0.477 e. The Hall–Kier alpha value is -2.40. The van der Waals surface area contributed by atoms with Crippen molar-refractivity contribution < 1.29 is 14.7 Å². The Morgan fingerprint density at radius 2 is 1.96 bits per heavy atom. The first-order valence-corrected chi connectivity index (χ1v) is 8.42. The molecule has 0 spiro atoms. The minimum atomic E-state index is -1.16. The van der Waals surface area contributed by atoms with E-state index >= 15 is 0 Å². The second-order valence-electron chi connectivity index (χ2n) is 5.17. The van der Waals surface area contributed by atoms with E-state index < -0.39 is 11.9 Å². The number of carbonyl (C=O) groups is 2. The molecule has 0 saturated heterocycles. The maximum absolute atomic E-state index is 12.2. The van der Waals surface area contributed by atoms with E-state index in [4.69, 9.17) is 0 Å². The summed E-state index contributed by atoms with van der Waals surface area (Å²) in [5, 5.41) is 15.4. The van der Waals surface area contributed by atoms with Gasteiger partial charge in [0.1, 0.15) is 5.70 Å². The van der Waals surface area contributed by atoms with Gasteiger partial charge < -0.3 is 10.4 Å². The fourth-order valence-corrected chi connectivity index (χ4v) is 2.69. The molecular formula is C18H19NO3S. The van der Waals surface area contributed by atoms with Gasteiger partial charge in [0, 0.05) is 5.56 Å². The highest BCUT2D eigenvalue weighted by molar-refractivity contribution is 7.08. The summed E-state index contributed by atoms with van der Waals surface area (Å²) in [5.74, 6) is -1.58. The molecule has 1 heterocycles. The van der Waals surface area contributed by atoms with Crippen molar-refractivity contribution in [2.75, 3.05) is 0 Å². The second kappa shape index (κ2) is 8.29. The van der Waals surface area contributed by atoms with Gasteiger partial charge in [-0.25, -0.2) is 4.79 Å². The molecule has 0 radical (unpaired) electrons. The highest BCUT2D eigenvalue weighted by Crippen LogP contribution is 2.12. The normalized spacial score (nSPS) is 11.3. The first-order chi connectivity index (χ1) is 11.1. The molecule has 0 aliphatic carbocycles. The van der Waals surface area contributed by atoms with Crippen molar-refractivity contribution in [2.24, 2.45) is 0 Å². The summed E-state index contributed by atoms with van der Waals surface area (Å²) in [6, 6.07) is 9.07. The zero-order valence-electron chi connectivity index (χ0n) is 12.9. The Balaban J connectivity index is 2.08. The number of unbranched alkanes of at least 4 members (excludes halogenated alkanes) is 1. The maximum atomic E-state index is 12.2. The molecule has 2 aromatic rings. The fraction of sp³-hybridized carbons (Fsp3) is 0.222. The van der Waals surface area contributed by atoms with Crippen LogP contribution in [0, 0.1) is 0 Å². The van der Waals surface area contributed by atoms with Crippen LogP contribution in [-0.4, -0.2) is 17.0 Å². The molecule has 0 aliphatic heterocycles. The molecule has 0 bridgehead atoms. The number of benzene rings is 1. The van der Waals surface area contributed by atoms with E-state index in [1.165, 1.54) is 23.0 Å². The predicted octanol–water partition coefficient (Wildman–Crippen LogP) is 3.95. The Morgan fingerprint density at radius 1 is 1.22 bits per heavy atom. The molecule has 0 atom stereocenters. The van der Waals surface area contributed by atoms with Crippen molar-refractivity contribution in [2.45, 2.75) is 26.2 Å². The van der Waals surface area contributed by atoms with Crippen molar-refractivity contribution in [3.05, 3.63) is 63.5 Å².